The molecule has 1 aromatic rings. The van der Waals surface area contributed by atoms with E-state index >= 15 is 0 Å². The van der Waals surface area contributed by atoms with Gasteiger partial charge in [-0.05, 0) is 69.6 Å². The van der Waals surface area contributed by atoms with Gasteiger partial charge in [0.1, 0.15) is 0 Å². The van der Waals surface area contributed by atoms with Crippen molar-refractivity contribution >= 4 is 11.6 Å². The molecule has 2 nitrogen and oxygen atoms in total. The van der Waals surface area contributed by atoms with Crippen molar-refractivity contribution in [1.29, 1.82) is 0 Å². The fraction of sp³-hybridized carbons (Fsp3) is 0.600. The first-order valence-corrected chi connectivity index (χ1v) is 7.25. The molecule has 0 saturated carbocycles. The lowest BCUT2D eigenvalue weighted by molar-refractivity contribution is 0.308. The molecule has 18 heavy (non-hydrogen) atoms. The third-order valence-corrected chi connectivity index (χ3v) is 4.03. The van der Waals surface area contributed by atoms with Crippen LogP contribution >= 0.6 is 11.6 Å². The first kappa shape index (κ1) is 13.9. The lowest BCUT2D eigenvalue weighted by Crippen LogP contribution is -2.24. The fourth-order valence-electron chi connectivity index (χ4n) is 2.45. The van der Waals surface area contributed by atoms with Crippen molar-refractivity contribution in [3.63, 3.8) is 0 Å². The van der Waals surface area contributed by atoms with Crippen molar-refractivity contribution in [2.24, 2.45) is 5.92 Å². The van der Waals surface area contributed by atoms with E-state index in [1.807, 2.05) is 12.1 Å². The lowest BCUT2D eigenvalue weighted by atomic mass is 10.0. The molecule has 1 saturated heterocycles. The van der Waals surface area contributed by atoms with Crippen molar-refractivity contribution in [2.75, 3.05) is 33.2 Å². The zero-order valence-electron chi connectivity index (χ0n) is 11.2. The zero-order valence-corrected chi connectivity index (χ0v) is 11.9. The van der Waals surface area contributed by atoms with Crippen molar-refractivity contribution in [2.45, 2.75) is 19.3 Å². The minimum absolute atomic E-state index is 0.820. The van der Waals surface area contributed by atoms with Crippen molar-refractivity contribution in [1.82, 2.24) is 10.2 Å². The van der Waals surface area contributed by atoms with E-state index in [0.717, 1.165) is 23.9 Å². The van der Waals surface area contributed by atoms with E-state index in [9.17, 15) is 0 Å². The Hall–Kier alpha value is -0.570. The van der Waals surface area contributed by atoms with Crippen molar-refractivity contribution in [3.8, 4) is 0 Å². The minimum atomic E-state index is 0.820. The van der Waals surface area contributed by atoms with Gasteiger partial charge in [0, 0.05) is 11.6 Å². The maximum absolute atomic E-state index is 5.88. The number of rotatable bonds is 6. The van der Waals surface area contributed by atoms with Crippen LogP contribution in [-0.4, -0.2) is 38.1 Å². The molecule has 1 fully saturated rings. The van der Waals surface area contributed by atoms with Gasteiger partial charge in [0.15, 0.2) is 0 Å². The quantitative estimate of drug-likeness (QED) is 0.852. The summed E-state index contributed by atoms with van der Waals surface area (Å²) in [4.78, 5) is 2.44. The molecule has 2 rings (SSSR count). The van der Waals surface area contributed by atoms with Crippen molar-refractivity contribution in [3.05, 3.63) is 34.9 Å². The highest BCUT2D eigenvalue weighted by Gasteiger charge is 2.14. The summed E-state index contributed by atoms with van der Waals surface area (Å²) in [6.07, 6.45) is 3.78. The van der Waals surface area contributed by atoms with E-state index in [0.29, 0.717) is 0 Å². The second-order valence-corrected chi connectivity index (χ2v) is 5.76. The van der Waals surface area contributed by atoms with Gasteiger partial charge in [0.25, 0.3) is 0 Å². The molecule has 1 unspecified atom stereocenters. The first-order chi connectivity index (χ1) is 8.74. The molecular weight excluding hydrogens is 244 g/mol. The summed E-state index contributed by atoms with van der Waals surface area (Å²) in [7, 11) is 2.22. The van der Waals surface area contributed by atoms with E-state index in [4.69, 9.17) is 11.6 Å². The summed E-state index contributed by atoms with van der Waals surface area (Å²) in [6.45, 7) is 4.76. The Morgan fingerprint density at radius 3 is 2.72 bits per heavy atom. The average molecular weight is 267 g/mol. The van der Waals surface area contributed by atoms with Gasteiger partial charge in [-0.25, -0.2) is 0 Å². The second-order valence-electron chi connectivity index (χ2n) is 5.33. The number of hydrogen-bond donors (Lipinski definition) is 1. The lowest BCUT2D eigenvalue weighted by Gasteiger charge is -2.18. The van der Waals surface area contributed by atoms with Gasteiger partial charge in [-0.3, -0.25) is 0 Å². The summed E-state index contributed by atoms with van der Waals surface area (Å²) in [5.74, 6) is 0.892. The Balaban J connectivity index is 1.64. The molecule has 0 amide bonds. The molecule has 0 spiro atoms. The number of nitrogens with one attached hydrogen (secondary N) is 1. The number of benzene rings is 1. The van der Waals surface area contributed by atoms with Crippen molar-refractivity contribution < 1.29 is 0 Å². The van der Waals surface area contributed by atoms with E-state index in [2.05, 4.69) is 29.4 Å². The minimum Gasteiger partial charge on any atom is -0.316 e. The third-order valence-electron chi connectivity index (χ3n) is 3.78. The van der Waals surface area contributed by atoms with E-state index in [1.54, 1.807) is 0 Å². The zero-order chi connectivity index (χ0) is 12.8. The predicted molar refractivity (Wildman–Crippen MR) is 78.2 cm³/mol. The number of hydrogen-bond acceptors (Lipinski definition) is 2. The standard InChI is InChI=1S/C15H23ClN2/c1-18(11-8-14-6-9-17-12-14)10-7-13-2-4-15(16)5-3-13/h2-5,14,17H,6-12H2,1H3. The molecule has 1 N–H and O–H groups in total. The van der Waals surface area contributed by atoms with Gasteiger partial charge in [-0.15, -0.1) is 0 Å². The monoisotopic (exact) mass is 266 g/mol. The van der Waals surface area contributed by atoms with Gasteiger partial charge in [0.2, 0.25) is 0 Å². The summed E-state index contributed by atoms with van der Waals surface area (Å²) in [5, 5.41) is 4.25. The maximum Gasteiger partial charge on any atom is 0.0406 e. The molecule has 100 valence electrons. The smallest absolute Gasteiger partial charge is 0.0406 e. The van der Waals surface area contributed by atoms with E-state index in [-0.39, 0.29) is 0 Å². The van der Waals surface area contributed by atoms with Crippen LogP contribution in [0.2, 0.25) is 5.02 Å². The molecule has 1 heterocycles. The van der Waals surface area contributed by atoms with Crippen LogP contribution in [0.25, 0.3) is 0 Å². The molecule has 0 radical (unpaired) electrons. The summed E-state index contributed by atoms with van der Waals surface area (Å²) < 4.78 is 0. The molecular formula is C15H23ClN2. The molecule has 0 aliphatic carbocycles. The number of halogens is 1. The normalized spacial score (nSPS) is 19.6. The Morgan fingerprint density at radius 1 is 1.28 bits per heavy atom. The van der Waals surface area contributed by atoms with Crippen LogP contribution < -0.4 is 5.32 Å². The van der Waals surface area contributed by atoms with Crippen LogP contribution in [0, 0.1) is 5.92 Å². The highest BCUT2D eigenvalue weighted by atomic mass is 35.5. The van der Waals surface area contributed by atoms with Crippen LogP contribution in [0.4, 0.5) is 0 Å². The molecule has 1 atom stereocenters. The largest absolute Gasteiger partial charge is 0.316 e. The van der Waals surface area contributed by atoms with Crippen LogP contribution in [-0.2, 0) is 6.42 Å². The first-order valence-electron chi connectivity index (χ1n) is 6.88. The molecule has 0 aromatic heterocycles. The average Bonchev–Trinajstić information content (AvgIpc) is 2.89. The predicted octanol–water partition coefficient (Wildman–Crippen LogP) is 2.81. The summed E-state index contributed by atoms with van der Waals surface area (Å²) in [5.41, 5.74) is 1.37. The topological polar surface area (TPSA) is 15.3 Å². The van der Waals surface area contributed by atoms with Gasteiger partial charge < -0.3 is 10.2 Å². The Kier molecular flexibility index (Phi) is 5.48. The Labute approximate surface area is 115 Å². The van der Waals surface area contributed by atoms with Gasteiger partial charge >= 0.3 is 0 Å². The number of nitrogens with zero attached hydrogens (tertiary/aromatic N) is 1. The second kappa shape index (κ2) is 7.13. The van der Waals surface area contributed by atoms with E-state index < -0.39 is 0 Å². The molecule has 1 aliphatic rings. The van der Waals surface area contributed by atoms with Crippen LogP contribution in [0.15, 0.2) is 24.3 Å². The molecule has 3 heteroatoms. The van der Waals surface area contributed by atoms with Gasteiger partial charge in [-0.2, -0.15) is 0 Å². The fourth-order valence-corrected chi connectivity index (χ4v) is 2.57. The van der Waals surface area contributed by atoms with Gasteiger partial charge in [-0.1, -0.05) is 23.7 Å². The number of likely N-dealkylation sites (N-methyl/N-ethyl adjacent to an activating group) is 1. The molecule has 0 bridgehead atoms. The van der Waals surface area contributed by atoms with Crippen LogP contribution in [0.5, 0.6) is 0 Å². The van der Waals surface area contributed by atoms with Gasteiger partial charge in [0.05, 0.1) is 0 Å². The Bertz CT molecular complexity index is 344. The SMILES string of the molecule is CN(CCc1ccc(Cl)cc1)CCC1CCNC1. The molecule has 1 aromatic carbocycles. The maximum atomic E-state index is 5.88. The highest BCUT2D eigenvalue weighted by Crippen LogP contribution is 2.13. The Morgan fingerprint density at radius 2 is 2.06 bits per heavy atom. The van der Waals surface area contributed by atoms with E-state index in [1.165, 1.54) is 38.0 Å². The van der Waals surface area contributed by atoms with Crippen LogP contribution in [0.3, 0.4) is 0 Å². The summed E-state index contributed by atoms with van der Waals surface area (Å²) in [6, 6.07) is 8.19. The van der Waals surface area contributed by atoms with Crippen LogP contribution in [0.1, 0.15) is 18.4 Å². The molecule has 1 aliphatic heterocycles. The summed E-state index contributed by atoms with van der Waals surface area (Å²) >= 11 is 5.88. The third kappa shape index (κ3) is 4.60. The highest BCUT2D eigenvalue weighted by molar-refractivity contribution is 6.30.